The van der Waals surface area contributed by atoms with Gasteiger partial charge in [0, 0.05) is 6.54 Å². The fourth-order valence-electron chi connectivity index (χ4n) is 2.19. The maximum atomic E-state index is 12.7. The smallest absolute Gasteiger partial charge is 0.433 e. The third-order valence-corrected chi connectivity index (χ3v) is 3.29. The first kappa shape index (κ1) is 15.6. The molecule has 0 saturated carbocycles. The summed E-state index contributed by atoms with van der Waals surface area (Å²) in [7, 11) is 0. The van der Waals surface area contributed by atoms with Gasteiger partial charge in [0.2, 0.25) is 5.88 Å². The first-order chi connectivity index (χ1) is 9.88. The predicted octanol–water partition coefficient (Wildman–Crippen LogP) is 1.86. The van der Waals surface area contributed by atoms with Gasteiger partial charge in [-0.1, -0.05) is 0 Å². The van der Waals surface area contributed by atoms with Crippen LogP contribution in [0.5, 0.6) is 5.88 Å². The van der Waals surface area contributed by atoms with Gasteiger partial charge >= 0.3 is 6.18 Å². The molecule has 5 nitrogen and oxygen atoms in total. The van der Waals surface area contributed by atoms with Crippen LogP contribution in [-0.2, 0) is 6.18 Å². The van der Waals surface area contributed by atoms with Crippen LogP contribution in [0, 0.1) is 5.41 Å². The summed E-state index contributed by atoms with van der Waals surface area (Å²) >= 11 is 0. The molecule has 0 spiro atoms. The fraction of sp³-hybridized carbons (Fsp3) is 0.538. The number of nitrogen functional groups attached to an aromatic ring is 1. The van der Waals surface area contributed by atoms with E-state index < -0.39 is 11.9 Å². The molecule has 1 aromatic rings. The molecular formula is C13H17F3N4O. The van der Waals surface area contributed by atoms with Crippen molar-refractivity contribution in [3.8, 4) is 5.88 Å². The topological polar surface area (TPSA) is 75.2 Å². The van der Waals surface area contributed by atoms with Crippen LogP contribution in [0.4, 0.5) is 13.2 Å². The lowest BCUT2D eigenvalue weighted by atomic mass is 10.2. The van der Waals surface area contributed by atoms with Gasteiger partial charge in [0.15, 0.2) is 0 Å². The number of likely N-dealkylation sites (tertiary alicyclic amines) is 1. The first-order valence-corrected chi connectivity index (χ1v) is 6.66. The van der Waals surface area contributed by atoms with E-state index in [4.69, 9.17) is 15.9 Å². The molecule has 0 radical (unpaired) electrons. The lowest BCUT2D eigenvalue weighted by Gasteiger charge is -2.16. The van der Waals surface area contributed by atoms with Crippen molar-refractivity contribution in [1.29, 1.82) is 5.41 Å². The summed E-state index contributed by atoms with van der Waals surface area (Å²) in [6, 6.07) is 1.91. The molecule has 2 rings (SSSR count). The second-order valence-corrected chi connectivity index (χ2v) is 4.86. The molecule has 1 saturated heterocycles. The molecule has 0 unspecified atom stereocenters. The third-order valence-electron chi connectivity index (χ3n) is 3.29. The van der Waals surface area contributed by atoms with E-state index in [0.717, 1.165) is 38.1 Å². The van der Waals surface area contributed by atoms with Crippen LogP contribution in [0.1, 0.15) is 24.1 Å². The summed E-state index contributed by atoms with van der Waals surface area (Å²) < 4.78 is 43.3. The highest BCUT2D eigenvalue weighted by Gasteiger charge is 2.33. The molecule has 116 valence electrons. The standard InChI is InChI=1S/C13H17F3N4O/c14-13(15,16)10-4-3-9(11(17)18)12(19-10)21-8-7-20-5-1-2-6-20/h3-4H,1-2,5-8H2,(H3,17,18). The lowest BCUT2D eigenvalue weighted by Crippen LogP contribution is -2.26. The minimum absolute atomic E-state index is 0.0735. The quantitative estimate of drug-likeness (QED) is 0.643. The Balaban J connectivity index is 2.08. The van der Waals surface area contributed by atoms with Gasteiger partial charge in [-0.3, -0.25) is 10.3 Å². The van der Waals surface area contributed by atoms with Crippen molar-refractivity contribution < 1.29 is 17.9 Å². The maximum absolute atomic E-state index is 12.7. The van der Waals surface area contributed by atoms with Crippen LogP contribution < -0.4 is 10.5 Å². The molecule has 0 amide bonds. The van der Waals surface area contributed by atoms with Gasteiger partial charge in [0.1, 0.15) is 18.1 Å². The molecule has 2 heterocycles. The Bertz CT molecular complexity index is 513. The SMILES string of the molecule is N=C(N)c1ccc(C(F)(F)F)nc1OCCN1CCCC1. The molecular weight excluding hydrogens is 285 g/mol. The second kappa shape index (κ2) is 6.30. The average molecular weight is 302 g/mol. The highest BCUT2D eigenvalue weighted by molar-refractivity contribution is 5.97. The van der Waals surface area contributed by atoms with E-state index in [1.165, 1.54) is 0 Å². The van der Waals surface area contributed by atoms with Crippen LogP contribution >= 0.6 is 0 Å². The fourth-order valence-corrected chi connectivity index (χ4v) is 2.19. The Labute approximate surface area is 120 Å². The van der Waals surface area contributed by atoms with Crippen LogP contribution in [0.3, 0.4) is 0 Å². The van der Waals surface area contributed by atoms with Crippen molar-refractivity contribution in [1.82, 2.24) is 9.88 Å². The normalized spacial score (nSPS) is 16.1. The number of nitrogens with one attached hydrogen (secondary N) is 1. The summed E-state index contributed by atoms with van der Waals surface area (Å²) in [5.74, 6) is -0.607. The highest BCUT2D eigenvalue weighted by atomic mass is 19.4. The third kappa shape index (κ3) is 4.07. The zero-order valence-electron chi connectivity index (χ0n) is 11.4. The van der Waals surface area contributed by atoms with Crippen molar-refractivity contribution in [2.24, 2.45) is 5.73 Å². The molecule has 3 N–H and O–H groups in total. The van der Waals surface area contributed by atoms with Gasteiger partial charge in [-0.25, -0.2) is 4.98 Å². The van der Waals surface area contributed by atoms with Crippen molar-refractivity contribution >= 4 is 5.84 Å². The number of pyridine rings is 1. The minimum Gasteiger partial charge on any atom is -0.476 e. The van der Waals surface area contributed by atoms with E-state index in [-0.39, 0.29) is 23.9 Å². The number of ether oxygens (including phenoxy) is 1. The van der Waals surface area contributed by atoms with Crippen molar-refractivity contribution in [3.63, 3.8) is 0 Å². The molecule has 0 aromatic carbocycles. The summed E-state index contributed by atoms with van der Waals surface area (Å²) in [5, 5.41) is 7.37. The predicted molar refractivity (Wildman–Crippen MR) is 71.4 cm³/mol. The zero-order chi connectivity index (χ0) is 15.5. The molecule has 21 heavy (non-hydrogen) atoms. The number of halogens is 3. The molecule has 0 bridgehead atoms. The number of rotatable bonds is 5. The number of amidine groups is 1. The zero-order valence-corrected chi connectivity index (χ0v) is 11.4. The van der Waals surface area contributed by atoms with E-state index in [9.17, 15) is 13.2 Å². The Morgan fingerprint density at radius 2 is 2.00 bits per heavy atom. The average Bonchev–Trinajstić information content (AvgIpc) is 2.90. The second-order valence-electron chi connectivity index (χ2n) is 4.86. The van der Waals surface area contributed by atoms with Crippen LogP contribution in [0.15, 0.2) is 12.1 Å². The lowest BCUT2D eigenvalue weighted by molar-refractivity contribution is -0.141. The van der Waals surface area contributed by atoms with E-state index in [0.29, 0.717) is 6.54 Å². The summed E-state index contributed by atoms with van der Waals surface area (Å²) in [6.07, 6.45) is -2.30. The van der Waals surface area contributed by atoms with Gasteiger partial charge in [-0.05, 0) is 38.1 Å². The molecule has 1 aliphatic heterocycles. The van der Waals surface area contributed by atoms with Gasteiger partial charge in [-0.15, -0.1) is 0 Å². The number of aromatic nitrogens is 1. The largest absolute Gasteiger partial charge is 0.476 e. The Morgan fingerprint density at radius 1 is 1.33 bits per heavy atom. The van der Waals surface area contributed by atoms with Crippen molar-refractivity contribution in [2.45, 2.75) is 19.0 Å². The van der Waals surface area contributed by atoms with Gasteiger partial charge in [0.25, 0.3) is 0 Å². The molecule has 0 aliphatic carbocycles. The maximum Gasteiger partial charge on any atom is 0.433 e. The number of alkyl halides is 3. The summed E-state index contributed by atoms with van der Waals surface area (Å²) in [5.41, 5.74) is 4.36. The van der Waals surface area contributed by atoms with Gasteiger partial charge in [-0.2, -0.15) is 13.2 Å². The monoisotopic (exact) mass is 302 g/mol. The van der Waals surface area contributed by atoms with E-state index in [1.54, 1.807) is 0 Å². The van der Waals surface area contributed by atoms with Crippen LogP contribution in [0.2, 0.25) is 0 Å². The van der Waals surface area contributed by atoms with Crippen molar-refractivity contribution in [2.75, 3.05) is 26.2 Å². The molecule has 1 aromatic heterocycles. The van der Waals surface area contributed by atoms with E-state index >= 15 is 0 Å². The Morgan fingerprint density at radius 3 is 2.57 bits per heavy atom. The van der Waals surface area contributed by atoms with E-state index in [1.807, 2.05) is 0 Å². The molecule has 1 fully saturated rings. The Kier molecular flexibility index (Phi) is 4.66. The number of nitrogens with zero attached hydrogens (tertiary/aromatic N) is 2. The molecule has 0 atom stereocenters. The summed E-state index contributed by atoms with van der Waals surface area (Å²) in [4.78, 5) is 5.61. The highest BCUT2D eigenvalue weighted by Crippen LogP contribution is 2.30. The molecule has 8 heteroatoms. The Hall–Kier alpha value is -1.83. The molecule has 1 aliphatic rings. The summed E-state index contributed by atoms with van der Waals surface area (Å²) in [6.45, 7) is 2.78. The van der Waals surface area contributed by atoms with Crippen LogP contribution in [-0.4, -0.2) is 42.0 Å². The van der Waals surface area contributed by atoms with Crippen molar-refractivity contribution in [3.05, 3.63) is 23.4 Å². The number of hydrogen-bond acceptors (Lipinski definition) is 4. The first-order valence-electron chi connectivity index (χ1n) is 6.66. The number of nitrogens with two attached hydrogens (primary N) is 1. The van der Waals surface area contributed by atoms with Gasteiger partial charge < -0.3 is 10.5 Å². The van der Waals surface area contributed by atoms with Gasteiger partial charge in [0.05, 0.1) is 5.56 Å². The van der Waals surface area contributed by atoms with E-state index in [2.05, 4.69) is 9.88 Å². The number of hydrogen-bond donors (Lipinski definition) is 2. The van der Waals surface area contributed by atoms with Crippen LogP contribution in [0.25, 0.3) is 0 Å². The minimum atomic E-state index is -4.55.